The first-order chi connectivity index (χ1) is 5.52. The molecule has 0 radical (unpaired) electrons. The molecule has 1 fully saturated rings. The van der Waals surface area contributed by atoms with Gasteiger partial charge in [-0.1, -0.05) is 13.8 Å². The zero-order valence-corrected chi connectivity index (χ0v) is 7.96. The summed E-state index contributed by atoms with van der Waals surface area (Å²) in [5.74, 6) is 0.881. The van der Waals surface area contributed by atoms with E-state index in [-0.39, 0.29) is 17.5 Å². The highest BCUT2D eigenvalue weighted by molar-refractivity contribution is 6.02. The molecule has 0 unspecified atom stereocenters. The Balaban J connectivity index is 2.62. The Morgan fingerprint density at radius 1 is 1.50 bits per heavy atom. The monoisotopic (exact) mass is 168 g/mol. The molecule has 1 aliphatic rings. The molecule has 1 aliphatic carbocycles. The van der Waals surface area contributed by atoms with E-state index in [1.165, 1.54) is 6.92 Å². The number of ketones is 2. The summed E-state index contributed by atoms with van der Waals surface area (Å²) in [6.07, 6.45) is 1.40. The molecule has 1 rings (SSSR count). The van der Waals surface area contributed by atoms with Crippen LogP contribution in [-0.2, 0) is 9.59 Å². The number of rotatable bonds is 2. The predicted molar refractivity (Wildman–Crippen MR) is 46.7 cm³/mol. The molecule has 0 amide bonds. The number of carbonyl (C=O) groups is 2. The van der Waals surface area contributed by atoms with Crippen molar-refractivity contribution in [2.24, 2.45) is 17.8 Å². The van der Waals surface area contributed by atoms with Gasteiger partial charge in [-0.05, 0) is 25.2 Å². The summed E-state index contributed by atoms with van der Waals surface area (Å²) >= 11 is 0. The van der Waals surface area contributed by atoms with Gasteiger partial charge in [0.1, 0.15) is 11.6 Å². The Hall–Kier alpha value is -0.660. The van der Waals surface area contributed by atoms with Crippen LogP contribution in [0.25, 0.3) is 0 Å². The topological polar surface area (TPSA) is 34.1 Å². The van der Waals surface area contributed by atoms with Gasteiger partial charge >= 0.3 is 0 Å². The molecule has 0 heterocycles. The summed E-state index contributed by atoms with van der Waals surface area (Å²) in [5, 5.41) is 0. The van der Waals surface area contributed by atoms with Gasteiger partial charge in [-0.2, -0.15) is 0 Å². The fraction of sp³-hybridized carbons (Fsp3) is 0.800. The minimum Gasteiger partial charge on any atom is -0.299 e. The third-order valence-corrected chi connectivity index (χ3v) is 2.82. The van der Waals surface area contributed by atoms with Crippen molar-refractivity contribution in [3.05, 3.63) is 0 Å². The first-order valence-electron chi connectivity index (χ1n) is 4.55. The molecule has 0 aromatic carbocycles. The summed E-state index contributed by atoms with van der Waals surface area (Å²) in [5.41, 5.74) is 0. The molecule has 0 saturated heterocycles. The van der Waals surface area contributed by atoms with E-state index in [0.717, 1.165) is 6.42 Å². The minimum atomic E-state index is -0.280. The third kappa shape index (κ3) is 1.74. The van der Waals surface area contributed by atoms with Crippen LogP contribution >= 0.6 is 0 Å². The maximum Gasteiger partial charge on any atom is 0.143 e. The maximum atomic E-state index is 11.3. The van der Waals surface area contributed by atoms with Crippen molar-refractivity contribution in [3.8, 4) is 0 Å². The van der Waals surface area contributed by atoms with Crippen molar-refractivity contribution in [2.75, 3.05) is 0 Å². The molecule has 1 saturated carbocycles. The Kier molecular flexibility index (Phi) is 2.65. The molecule has 0 aliphatic heterocycles. The van der Waals surface area contributed by atoms with Gasteiger partial charge in [0.25, 0.3) is 0 Å². The first-order valence-corrected chi connectivity index (χ1v) is 4.55. The van der Waals surface area contributed by atoms with Crippen molar-refractivity contribution in [2.45, 2.75) is 33.6 Å². The summed E-state index contributed by atoms with van der Waals surface area (Å²) < 4.78 is 0. The van der Waals surface area contributed by atoms with Crippen molar-refractivity contribution >= 4 is 11.6 Å². The second-order valence-electron chi connectivity index (χ2n) is 4.07. The summed E-state index contributed by atoms with van der Waals surface area (Å²) in [7, 11) is 0. The van der Waals surface area contributed by atoms with E-state index < -0.39 is 0 Å². The maximum absolute atomic E-state index is 11.3. The Morgan fingerprint density at radius 2 is 2.08 bits per heavy atom. The molecular formula is C10H16O2. The van der Waals surface area contributed by atoms with Gasteiger partial charge in [0, 0.05) is 6.42 Å². The average Bonchev–Trinajstić information content (AvgIpc) is 2.30. The lowest BCUT2D eigenvalue weighted by atomic mass is 9.93. The molecule has 2 atom stereocenters. The van der Waals surface area contributed by atoms with Crippen LogP contribution in [0, 0.1) is 17.8 Å². The molecular weight excluding hydrogens is 152 g/mol. The highest BCUT2D eigenvalue weighted by Gasteiger charge is 2.36. The normalized spacial score (nSPS) is 29.8. The van der Waals surface area contributed by atoms with Crippen LogP contribution in [0.1, 0.15) is 33.6 Å². The van der Waals surface area contributed by atoms with Gasteiger partial charge in [-0.25, -0.2) is 0 Å². The lowest BCUT2D eigenvalue weighted by Gasteiger charge is -2.11. The molecule has 0 aromatic heterocycles. The first kappa shape index (κ1) is 9.43. The van der Waals surface area contributed by atoms with E-state index in [0.29, 0.717) is 18.3 Å². The smallest absolute Gasteiger partial charge is 0.143 e. The van der Waals surface area contributed by atoms with Crippen LogP contribution < -0.4 is 0 Å². The standard InChI is InChI=1S/C10H16O2/c1-6(2)8-4-9(7(3)11)10(12)5-8/h6,8-9H,4-5H2,1-3H3/t8-,9-/m1/s1. The fourth-order valence-electron chi connectivity index (χ4n) is 1.82. The zero-order valence-electron chi connectivity index (χ0n) is 7.96. The minimum absolute atomic E-state index is 0.0446. The van der Waals surface area contributed by atoms with Crippen LogP contribution in [0.5, 0.6) is 0 Å². The molecule has 0 N–H and O–H groups in total. The van der Waals surface area contributed by atoms with Crippen LogP contribution in [0.4, 0.5) is 0 Å². The van der Waals surface area contributed by atoms with E-state index in [4.69, 9.17) is 0 Å². The second-order valence-corrected chi connectivity index (χ2v) is 4.07. The van der Waals surface area contributed by atoms with E-state index in [1.807, 2.05) is 0 Å². The molecule has 68 valence electrons. The van der Waals surface area contributed by atoms with Gasteiger partial charge < -0.3 is 0 Å². The van der Waals surface area contributed by atoms with Crippen LogP contribution in [0.2, 0.25) is 0 Å². The van der Waals surface area contributed by atoms with E-state index in [9.17, 15) is 9.59 Å². The molecule has 2 heteroatoms. The van der Waals surface area contributed by atoms with E-state index in [1.54, 1.807) is 0 Å². The van der Waals surface area contributed by atoms with Crippen LogP contribution in [0.15, 0.2) is 0 Å². The van der Waals surface area contributed by atoms with Crippen molar-refractivity contribution < 1.29 is 9.59 Å². The van der Waals surface area contributed by atoms with Gasteiger partial charge in [-0.15, -0.1) is 0 Å². The summed E-state index contributed by atoms with van der Waals surface area (Å²) in [6.45, 7) is 5.74. The zero-order chi connectivity index (χ0) is 9.30. The summed E-state index contributed by atoms with van der Waals surface area (Å²) in [4.78, 5) is 22.3. The number of Topliss-reactive ketones (excluding diaryl/α,β-unsaturated/α-hetero) is 2. The highest BCUT2D eigenvalue weighted by atomic mass is 16.1. The Labute approximate surface area is 73.3 Å². The van der Waals surface area contributed by atoms with Crippen molar-refractivity contribution in [3.63, 3.8) is 0 Å². The molecule has 12 heavy (non-hydrogen) atoms. The predicted octanol–water partition coefficient (Wildman–Crippen LogP) is 1.83. The quantitative estimate of drug-likeness (QED) is 0.589. The van der Waals surface area contributed by atoms with Crippen molar-refractivity contribution in [1.29, 1.82) is 0 Å². The average molecular weight is 168 g/mol. The van der Waals surface area contributed by atoms with Gasteiger partial charge in [0.2, 0.25) is 0 Å². The molecule has 0 spiro atoms. The van der Waals surface area contributed by atoms with Gasteiger partial charge in [-0.3, -0.25) is 9.59 Å². The van der Waals surface area contributed by atoms with Crippen molar-refractivity contribution in [1.82, 2.24) is 0 Å². The van der Waals surface area contributed by atoms with Gasteiger partial charge in [0.15, 0.2) is 0 Å². The largest absolute Gasteiger partial charge is 0.299 e. The van der Waals surface area contributed by atoms with E-state index in [2.05, 4.69) is 13.8 Å². The molecule has 0 aromatic rings. The Morgan fingerprint density at radius 3 is 2.33 bits per heavy atom. The Bertz CT molecular complexity index is 206. The highest BCUT2D eigenvalue weighted by Crippen LogP contribution is 2.33. The molecule has 2 nitrogen and oxygen atoms in total. The van der Waals surface area contributed by atoms with Crippen LogP contribution in [0.3, 0.4) is 0 Å². The van der Waals surface area contributed by atoms with Gasteiger partial charge in [0.05, 0.1) is 5.92 Å². The number of hydrogen-bond donors (Lipinski definition) is 0. The SMILES string of the molecule is CC(=O)[C@H]1C[C@@H](C(C)C)CC1=O. The van der Waals surface area contributed by atoms with Crippen LogP contribution in [-0.4, -0.2) is 11.6 Å². The van der Waals surface area contributed by atoms with E-state index >= 15 is 0 Å². The number of hydrogen-bond acceptors (Lipinski definition) is 2. The molecule has 0 bridgehead atoms. The lowest BCUT2D eigenvalue weighted by Crippen LogP contribution is -2.14. The second kappa shape index (κ2) is 3.38. The lowest BCUT2D eigenvalue weighted by molar-refractivity contribution is -0.129. The summed E-state index contributed by atoms with van der Waals surface area (Å²) in [6, 6.07) is 0. The fourth-order valence-corrected chi connectivity index (χ4v) is 1.82. The number of carbonyl (C=O) groups excluding carboxylic acids is 2. The third-order valence-electron chi connectivity index (χ3n) is 2.82.